The van der Waals surface area contributed by atoms with E-state index in [1.807, 2.05) is 48.2 Å². The molecular weight excluding hydrogens is 428 g/mol. The second-order valence-electron chi connectivity index (χ2n) is 7.38. The minimum absolute atomic E-state index is 0.142. The molecule has 4 heterocycles. The topological polar surface area (TPSA) is 113 Å². The Bertz CT molecular complexity index is 1270. The van der Waals surface area contributed by atoms with E-state index in [1.165, 1.54) is 17.7 Å². The summed E-state index contributed by atoms with van der Waals surface area (Å²) in [7, 11) is 0. The van der Waals surface area contributed by atoms with Crippen LogP contribution in [0.25, 0.3) is 10.2 Å². The molecular formula is C21H20N8O2S. The van der Waals surface area contributed by atoms with Crippen LogP contribution in [0.2, 0.25) is 0 Å². The number of anilines is 4. The van der Waals surface area contributed by atoms with Crippen molar-refractivity contribution in [3.8, 4) is 0 Å². The number of nitro groups is 1. The highest BCUT2D eigenvalue weighted by Gasteiger charge is 2.30. The molecule has 1 aliphatic rings. The van der Waals surface area contributed by atoms with E-state index >= 15 is 0 Å². The average molecular weight is 449 g/mol. The standard InChI is InChI=1S/C21H20N8O2S/c1-14-5-4-6-15-17(14)25-21(32-15)26-19-18(29(30)31)20(24-13-23-19)28-11-9-27(10-12-28)16-7-2-3-8-22-16/h2-8,13H,9-12H2,1H3,(H,23,24,25,26). The molecule has 0 saturated carbocycles. The van der Waals surface area contributed by atoms with Crippen LogP contribution in [0.5, 0.6) is 0 Å². The second-order valence-corrected chi connectivity index (χ2v) is 8.41. The molecule has 32 heavy (non-hydrogen) atoms. The highest BCUT2D eigenvalue weighted by Crippen LogP contribution is 2.36. The van der Waals surface area contributed by atoms with Gasteiger partial charge in [0.25, 0.3) is 0 Å². The van der Waals surface area contributed by atoms with Crippen LogP contribution >= 0.6 is 11.3 Å². The summed E-state index contributed by atoms with van der Waals surface area (Å²) in [6.45, 7) is 4.56. The number of fused-ring (bicyclic) bond motifs is 1. The van der Waals surface area contributed by atoms with Crippen LogP contribution in [-0.4, -0.2) is 51.0 Å². The van der Waals surface area contributed by atoms with Gasteiger partial charge in [-0.05, 0) is 30.7 Å². The Labute approximate surface area is 187 Å². The molecule has 0 unspecified atom stereocenters. The third-order valence-electron chi connectivity index (χ3n) is 5.38. The van der Waals surface area contributed by atoms with E-state index in [1.54, 1.807) is 6.20 Å². The molecule has 0 bridgehead atoms. The zero-order valence-electron chi connectivity index (χ0n) is 17.3. The molecule has 1 aliphatic heterocycles. The van der Waals surface area contributed by atoms with Crippen LogP contribution in [0, 0.1) is 17.0 Å². The van der Waals surface area contributed by atoms with Gasteiger partial charge in [0.05, 0.1) is 15.1 Å². The zero-order chi connectivity index (χ0) is 22.1. The molecule has 3 aromatic heterocycles. The predicted octanol–water partition coefficient (Wildman–Crippen LogP) is 3.77. The summed E-state index contributed by atoms with van der Waals surface area (Å²) in [5, 5.41) is 15.6. The van der Waals surface area contributed by atoms with E-state index in [0.29, 0.717) is 37.1 Å². The maximum Gasteiger partial charge on any atom is 0.353 e. The first-order valence-corrected chi connectivity index (χ1v) is 11.0. The van der Waals surface area contributed by atoms with Crippen molar-refractivity contribution in [2.75, 3.05) is 41.3 Å². The summed E-state index contributed by atoms with van der Waals surface area (Å²) in [5.74, 6) is 1.35. The van der Waals surface area contributed by atoms with Gasteiger partial charge >= 0.3 is 5.69 Å². The van der Waals surface area contributed by atoms with Gasteiger partial charge in [-0.1, -0.05) is 29.5 Å². The molecule has 5 rings (SSSR count). The summed E-state index contributed by atoms with van der Waals surface area (Å²) >= 11 is 1.43. The summed E-state index contributed by atoms with van der Waals surface area (Å²) in [6.07, 6.45) is 3.12. The number of hydrogen-bond acceptors (Lipinski definition) is 10. The van der Waals surface area contributed by atoms with Crippen molar-refractivity contribution >= 4 is 49.8 Å². The van der Waals surface area contributed by atoms with Gasteiger partial charge in [0.2, 0.25) is 11.6 Å². The molecule has 0 aliphatic carbocycles. The van der Waals surface area contributed by atoms with Gasteiger partial charge in [-0.15, -0.1) is 0 Å². The van der Waals surface area contributed by atoms with Crippen LogP contribution in [0.4, 0.5) is 28.3 Å². The molecule has 4 aromatic rings. The van der Waals surface area contributed by atoms with E-state index in [4.69, 9.17) is 0 Å². The van der Waals surface area contributed by atoms with Gasteiger partial charge in [0.1, 0.15) is 12.1 Å². The predicted molar refractivity (Wildman–Crippen MR) is 125 cm³/mol. The van der Waals surface area contributed by atoms with Crippen LogP contribution < -0.4 is 15.1 Å². The smallest absolute Gasteiger partial charge is 0.353 e. The van der Waals surface area contributed by atoms with Crippen molar-refractivity contribution in [3.63, 3.8) is 0 Å². The highest BCUT2D eigenvalue weighted by molar-refractivity contribution is 7.22. The Balaban J connectivity index is 1.41. The first-order chi connectivity index (χ1) is 15.6. The molecule has 1 N–H and O–H groups in total. The third-order valence-corrected chi connectivity index (χ3v) is 6.32. The Hall–Kier alpha value is -3.86. The number of benzene rings is 1. The molecule has 10 nitrogen and oxygen atoms in total. The molecule has 1 aromatic carbocycles. The summed E-state index contributed by atoms with van der Waals surface area (Å²) in [6, 6.07) is 11.7. The number of nitrogens with one attached hydrogen (secondary N) is 1. The number of aryl methyl sites for hydroxylation is 1. The fourth-order valence-electron chi connectivity index (χ4n) is 3.79. The Morgan fingerprint density at radius 3 is 2.56 bits per heavy atom. The number of thiazole rings is 1. The van der Waals surface area contributed by atoms with E-state index in [9.17, 15) is 10.1 Å². The molecule has 0 amide bonds. The maximum atomic E-state index is 12.0. The Morgan fingerprint density at radius 2 is 1.84 bits per heavy atom. The number of para-hydroxylation sites is 1. The van der Waals surface area contributed by atoms with Crippen LogP contribution in [0.3, 0.4) is 0 Å². The fraction of sp³-hybridized carbons (Fsp3) is 0.238. The van der Waals surface area contributed by atoms with Gasteiger partial charge in [-0.2, -0.15) is 0 Å². The Morgan fingerprint density at radius 1 is 1.03 bits per heavy atom. The third kappa shape index (κ3) is 3.78. The lowest BCUT2D eigenvalue weighted by molar-refractivity contribution is -0.383. The summed E-state index contributed by atoms with van der Waals surface area (Å²) in [4.78, 5) is 33.1. The minimum atomic E-state index is -0.429. The maximum absolute atomic E-state index is 12.0. The number of nitrogens with zero attached hydrogens (tertiary/aromatic N) is 7. The normalized spacial score (nSPS) is 14.0. The quantitative estimate of drug-likeness (QED) is 0.360. The highest BCUT2D eigenvalue weighted by atomic mass is 32.1. The van der Waals surface area contributed by atoms with Gasteiger partial charge in [-0.25, -0.2) is 19.9 Å². The van der Waals surface area contributed by atoms with Gasteiger partial charge in [-0.3, -0.25) is 10.1 Å². The second kappa shape index (κ2) is 8.35. The minimum Gasteiger partial charge on any atom is -0.353 e. The number of pyridine rings is 1. The summed E-state index contributed by atoms with van der Waals surface area (Å²) in [5.41, 5.74) is 1.78. The van der Waals surface area contributed by atoms with Gasteiger partial charge < -0.3 is 15.1 Å². The molecule has 0 radical (unpaired) electrons. The first kappa shape index (κ1) is 20.1. The van der Waals surface area contributed by atoms with Crippen molar-refractivity contribution in [2.45, 2.75) is 6.92 Å². The van der Waals surface area contributed by atoms with Crippen LogP contribution in [0.15, 0.2) is 48.9 Å². The lowest BCUT2D eigenvalue weighted by Gasteiger charge is -2.35. The molecule has 1 saturated heterocycles. The summed E-state index contributed by atoms with van der Waals surface area (Å²) < 4.78 is 1.01. The van der Waals surface area contributed by atoms with E-state index in [0.717, 1.165) is 21.6 Å². The van der Waals surface area contributed by atoms with E-state index in [-0.39, 0.29) is 11.5 Å². The Kier molecular flexibility index (Phi) is 5.23. The van der Waals surface area contributed by atoms with Gasteiger partial charge in [0.15, 0.2) is 5.13 Å². The number of aromatic nitrogens is 4. The van der Waals surface area contributed by atoms with Crippen molar-refractivity contribution < 1.29 is 4.92 Å². The molecule has 0 atom stereocenters. The number of hydrogen-bond donors (Lipinski definition) is 1. The molecule has 1 fully saturated rings. The lowest BCUT2D eigenvalue weighted by atomic mass is 10.2. The first-order valence-electron chi connectivity index (χ1n) is 10.1. The van der Waals surface area contributed by atoms with Crippen LogP contribution in [0.1, 0.15) is 5.56 Å². The number of piperazine rings is 1. The van der Waals surface area contributed by atoms with E-state index in [2.05, 4.69) is 30.2 Å². The lowest BCUT2D eigenvalue weighted by Crippen LogP contribution is -2.47. The molecule has 11 heteroatoms. The average Bonchev–Trinajstić information content (AvgIpc) is 3.23. The van der Waals surface area contributed by atoms with Crippen LogP contribution in [-0.2, 0) is 0 Å². The fourth-order valence-corrected chi connectivity index (χ4v) is 4.73. The number of rotatable bonds is 5. The zero-order valence-corrected chi connectivity index (χ0v) is 18.1. The van der Waals surface area contributed by atoms with Gasteiger partial charge in [0, 0.05) is 32.4 Å². The van der Waals surface area contributed by atoms with Crippen molar-refractivity contribution in [3.05, 3.63) is 64.6 Å². The molecule has 0 spiro atoms. The largest absolute Gasteiger partial charge is 0.353 e. The van der Waals surface area contributed by atoms with E-state index < -0.39 is 4.92 Å². The molecule has 162 valence electrons. The van der Waals surface area contributed by atoms with Crippen molar-refractivity contribution in [1.29, 1.82) is 0 Å². The SMILES string of the molecule is Cc1cccc2sc(Nc3ncnc(N4CCN(c5ccccn5)CC4)c3[N+](=O)[O-])nc12. The van der Waals surface area contributed by atoms with Crippen molar-refractivity contribution in [1.82, 2.24) is 19.9 Å². The van der Waals surface area contributed by atoms with Crippen molar-refractivity contribution in [2.24, 2.45) is 0 Å². The monoisotopic (exact) mass is 448 g/mol.